The summed E-state index contributed by atoms with van der Waals surface area (Å²) in [6, 6.07) is 9.07. The quantitative estimate of drug-likeness (QED) is 0.866. The molecular formula is C16H19N5O3. The summed E-state index contributed by atoms with van der Waals surface area (Å²) in [7, 11) is 0. The molecule has 1 saturated heterocycles. The van der Waals surface area contributed by atoms with E-state index in [9.17, 15) is 9.59 Å². The monoisotopic (exact) mass is 329 g/mol. The molecule has 2 aromatic rings. The Labute approximate surface area is 139 Å². The van der Waals surface area contributed by atoms with Crippen LogP contribution >= 0.6 is 0 Å². The second-order valence-corrected chi connectivity index (χ2v) is 5.98. The van der Waals surface area contributed by atoms with Crippen LogP contribution in [0, 0.1) is 12.8 Å². The number of hydrogen-bond acceptors (Lipinski definition) is 5. The van der Waals surface area contributed by atoms with Crippen molar-refractivity contribution in [1.82, 2.24) is 25.1 Å². The molecule has 3 rings (SSSR count). The fourth-order valence-corrected chi connectivity index (χ4v) is 3.01. The molecule has 0 spiro atoms. The van der Waals surface area contributed by atoms with Crippen molar-refractivity contribution in [3.05, 3.63) is 41.7 Å². The summed E-state index contributed by atoms with van der Waals surface area (Å²) in [6.45, 7) is 2.43. The number of amides is 1. The third-order valence-corrected chi connectivity index (χ3v) is 4.36. The first-order chi connectivity index (χ1) is 11.6. The highest BCUT2D eigenvalue weighted by molar-refractivity contribution is 5.82. The van der Waals surface area contributed by atoms with Gasteiger partial charge in [-0.15, -0.1) is 5.10 Å². The van der Waals surface area contributed by atoms with Crippen LogP contribution in [0.15, 0.2) is 30.3 Å². The van der Waals surface area contributed by atoms with E-state index < -0.39 is 17.9 Å². The molecule has 1 aromatic carbocycles. The molecule has 0 unspecified atom stereocenters. The molecule has 1 fully saturated rings. The Hall–Kier alpha value is -2.77. The number of carboxylic acids is 1. The van der Waals surface area contributed by atoms with Crippen LogP contribution in [0.25, 0.3) is 0 Å². The number of nitrogens with zero attached hydrogens (tertiary/aromatic N) is 5. The van der Waals surface area contributed by atoms with E-state index in [0.29, 0.717) is 25.2 Å². The molecule has 1 aromatic heterocycles. The lowest BCUT2D eigenvalue weighted by Crippen LogP contribution is -2.38. The van der Waals surface area contributed by atoms with Crippen molar-refractivity contribution in [2.45, 2.75) is 25.8 Å². The van der Waals surface area contributed by atoms with Crippen molar-refractivity contribution >= 4 is 11.9 Å². The average molecular weight is 329 g/mol. The number of benzene rings is 1. The predicted molar refractivity (Wildman–Crippen MR) is 84.1 cm³/mol. The maximum absolute atomic E-state index is 13.0. The summed E-state index contributed by atoms with van der Waals surface area (Å²) >= 11 is 0. The number of carbonyl (C=O) groups is 2. The minimum absolute atomic E-state index is 0.141. The second kappa shape index (κ2) is 6.77. The van der Waals surface area contributed by atoms with Gasteiger partial charge < -0.3 is 10.0 Å². The molecule has 0 bridgehead atoms. The second-order valence-electron chi connectivity index (χ2n) is 5.98. The van der Waals surface area contributed by atoms with E-state index in [1.54, 1.807) is 11.8 Å². The van der Waals surface area contributed by atoms with Crippen LogP contribution in [0.1, 0.15) is 23.9 Å². The maximum atomic E-state index is 13.0. The van der Waals surface area contributed by atoms with Gasteiger partial charge in [-0.25, -0.2) is 4.68 Å². The van der Waals surface area contributed by atoms with Crippen LogP contribution < -0.4 is 0 Å². The minimum atomic E-state index is -0.858. The van der Waals surface area contributed by atoms with Crippen LogP contribution in [-0.4, -0.2) is 55.2 Å². The Morgan fingerprint density at radius 2 is 2.08 bits per heavy atom. The molecule has 2 atom stereocenters. The van der Waals surface area contributed by atoms with Gasteiger partial charge in [0.2, 0.25) is 5.91 Å². The lowest BCUT2D eigenvalue weighted by Gasteiger charge is -2.23. The number of carbonyl (C=O) groups excluding carboxylic acids is 1. The third-order valence-electron chi connectivity index (χ3n) is 4.36. The lowest BCUT2D eigenvalue weighted by atomic mass is 10.0. The molecule has 0 aliphatic carbocycles. The number of rotatable bonds is 5. The molecule has 2 heterocycles. The highest BCUT2D eigenvalue weighted by atomic mass is 16.4. The number of carboxylic acid groups (broad SMARTS) is 1. The van der Waals surface area contributed by atoms with Crippen molar-refractivity contribution in [1.29, 1.82) is 0 Å². The number of aryl methyl sites for hydroxylation is 1. The van der Waals surface area contributed by atoms with Crippen molar-refractivity contribution in [3.63, 3.8) is 0 Å². The molecule has 1 N–H and O–H groups in total. The molecule has 1 aliphatic rings. The van der Waals surface area contributed by atoms with Gasteiger partial charge >= 0.3 is 5.97 Å². The summed E-state index contributed by atoms with van der Waals surface area (Å²) in [6.07, 6.45) is 0.938. The third kappa shape index (κ3) is 3.27. The van der Waals surface area contributed by atoms with Gasteiger partial charge in [0.1, 0.15) is 11.9 Å². The number of likely N-dealkylation sites (tertiary alicyclic amines) is 1. The fourth-order valence-electron chi connectivity index (χ4n) is 3.01. The van der Waals surface area contributed by atoms with Crippen LogP contribution in [0.3, 0.4) is 0 Å². The molecule has 8 nitrogen and oxygen atoms in total. The van der Waals surface area contributed by atoms with E-state index in [-0.39, 0.29) is 12.5 Å². The van der Waals surface area contributed by atoms with Crippen LogP contribution in [-0.2, 0) is 16.0 Å². The van der Waals surface area contributed by atoms with E-state index in [2.05, 4.69) is 15.5 Å². The molecule has 1 amide bonds. The van der Waals surface area contributed by atoms with Crippen molar-refractivity contribution in [2.24, 2.45) is 5.92 Å². The highest BCUT2D eigenvalue weighted by Gasteiger charge is 2.35. The Kier molecular flexibility index (Phi) is 4.54. The standard InChI is InChI=1S/C16H19N5O3/c1-11-17-18-19-21(11)14(9-12-5-3-2-4-6-12)15(22)20-8-7-13(10-20)16(23)24/h2-6,13-14H,7-10H2,1H3,(H,23,24)/t13-,14-/m1/s1. The van der Waals surface area contributed by atoms with Gasteiger partial charge in [-0.1, -0.05) is 30.3 Å². The predicted octanol–water partition coefficient (Wildman–Crippen LogP) is 0.698. The van der Waals surface area contributed by atoms with Gasteiger partial charge in [0.05, 0.1) is 5.92 Å². The molecular weight excluding hydrogens is 310 g/mol. The van der Waals surface area contributed by atoms with E-state index in [1.807, 2.05) is 30.3 Å². The fraction of sp³-hybridized carbons (Fsp3) is 0.438. The topological polar surface area (TPSA) is 101 Å². The van der Waals surface area contributed by atoms with Crippen molar-refractivity contribution in [2.75, 3.05) is 13.1 Å². The Morgan fingerprint density at radius 3 is 2.67 bits per heavy atom. The van der Waals surface area contributed by atoms with Gasteiger partial charge in [0.25, 0.3) is 0 Å². The largest absolute Gasteiger partial charge is 0.481 e. The smallest absolute Gasteiger partial charge is 0.308 e. The molecule has 0 saturated carbocycles. The maximum Gasteiger partial charge on any atom is 0.308 e. The van der Waals surface area contributed by atoms with E-state index >= 15 is 0 Å². The van der Waals surface area contributed by atoms with Crippen LogP contribution in [0.2, 0.25) is 0 Å². The molecule has 8 heteroatoms. The summed E-state index contributed by atoms with van der Waals surface area (Å²) in [5.41, 5.74) is 1.000. The first-order valence-corrected chi connectivity index (χ1v) is 7.86. The Balaban J connectivity index is 1.83. The zero-order valence-electron chi connectivity index (χ0n) is 13.4. The number of tetrazole rings is 1. The first-order valence-electron chi connectivity index (χ1n) is 7.86. The van der Waals surface area contributed by atoms with Gasteiger partial charge in [0, 0.05) is 19.5 Å². The SMILES string of the molecule is Cc1nnnn1[C@H](Cc1ccccc1)C(=O)N1CC[C@@H](C(=O)O)C1. The zero-order valence-corrected chi connectivity index (χ0v) is 13.4. The van der Waals surface area contributed by atoms with E-state index in [4.69, 9.17) is 5.11 Å². The normalized spacial score (nSPS) is 18.5. The molecule has 1 aliphatic heterocycles. The average Bonchev–Trinajstić information content (AvgIpc) is 3.22. The Morgan fingerprint density at radius 1 is 1.33 bits per heavy atom. The summed E-state index contributed by atoms with van der Waals surface area (Å²) in [5, 5.41) is 20.6. The number of aromatic nitrogens is 4. The van der Waals surface area contributed by atoms with Crippen LogP contribution in [0.4, 0.5) is 0 Å². The minimum Gasteiger partial charge on any atom is -0.481 e. The van der Waals surface area contributed by atoms with Gasteiger partial charge in [-0.2, -0.15) is 0 Å². The van der Waals surface area contributed by atoms with Crippen molar-refractivity contribution < 1.29 is 14.7 Å². The van der Waals surface area contributed by atoms with Gasteiger partial charge in [-0.05, 0) is 29.3 Å². The van der Waals surface area contributed by atoms with Crippen LogP contribution in [0.5, 0.6) is 0 Å². The van der Waals surface area contributed by atoms with Crippen molar-refractivity contribution in [3.8, 4) is 0 Å². The number of aliphatic carboxylic acids is 1. The van der Waals surface area contributed by atoms with Gasteiger partial charge in [0.15, 0.2) is 0 Å². The molecule has 24 heavy (non-hydrogen) atoms. The number of hydrogen-bond donors (Lipinski definition) is 1. The first kappa shape index (κ1) is 16.1. The van der Waals surface area contributed by atoms with E-state index in [0.717, 1.165) is 5.56 Å². The molecule has 0 radical (unpaired) electrons. The lowest BCUT2D eigenvalue weighted by molar-refractivity contribution is -0.141. The summed E-state index contributed by atoms with van der Waals surface area (Å²) in [5.74, 6) is -0.943. The van der Waals surface area contributed by atoms with E-state index in [1.165, 1.54) is 4.68 Å². The van der Waals surface area contributed by atoms with Gasteiger partial charge in [-0.3, -0.25) is 9.59 Å². The summed E-state index contributed by atoms with van der Waals surface area (Å²) in [4.78, 5) is 25.7. The highest BCUT2D eigenvalue weighted by Crippen LogP contribution is 2.23. The summed E-state index contributed by atoms with van der Waals surface area (Å²) < 4.78 is 1.52. The zero-order chi connectivity index (χ0) is 17.1. The molecule has 126 valence electrons. The Bertz CT molecular complexity index is 730.